The van der Waals surface area contributed by atoms with E-state index >= 15 is 0 Å². The lowest BCUT2D eigenvalue weighted by Crippen LogP contribution is -2.69. The van der Waals surface area contributed by atoms with Gasteiger partial charge in [0.1, 0.15) is 13.2 Å². The zero-order valence-electron chi connectivity index (χ0n) is 66.6. The molecule has 2 aromatic rings. The van der Waals surface area contributed by atoms with Gasteiger partial charge in [0.05, 0.1) is 63.7 Å². The number of rotatable bonds is 17. The Bertz CT molecular complexity index is 3310. The summed E-state index contributed by atoms with van der Waals surface area (Å²) in [5.41, 5.74) is 5.36. The Labute approximate surface area is 612 Å². The fraction of sp³-hybridized carbons (Fsp3) is 0.802. The lowest BCUT2D eigenvalue weighted by atomic mass is 9.34. The van der Waals surface area contributed by atoms with Gasteiger partial charge in [-0.05, 0) is 223 Å². The second kappa shape index (κ2) is 28.0. The van der Waals surface area contributed by atoms with E-state index < -0.39 is 0 Å². The summed E-state index contributed by atoms with van der Waals surface area (Å²) in [4.78, 5) is 29.4. The monoisotopic (exact) mass is 1390 g/mol. The predicted octanol–water partition coefficient (Wildman–Crippen LogP) is 20.5. The van der Waals surface area contributed by atoms with Crippen LogP contribution in [0.4, 0.5) is 0 Å². The third-order valence-electron chi connectivity index (χ3n) is 34.3. The molecule has 0 amide bonds. The van der Waals surface area contributed by atoms with Crippen LogP contribution in [0, 0.1) is 136 Å². The maximum absolute atomic E-state index is 14.7. The van der Waals surface area contributed by atoms with E-state index in [1.54, 1.807) is 11.1 Å². The topological polar surface area (TPSA) is 108 Å². The van der Waals surface area contributed by atoms with Crippen molar-refractivity contribution in [3.8, 4) is 0 Å². The number of benzene rings is 2. The van der Waals surface area contributed by atoms with Gasteiger partial charge in [-0.3, -0.25) is 9.59 Å². The van der Waals surface area contributed by atoms with Gasteiger partial charge in [-0.1, -0.05) is 209 Å². The van der Waals surface area contributed by atoms with Crippen LogP contribution in [0.2, 0.25) is 0 Å². The van der Waals surface area contributed by atoms with Gasteiger partial charge in [-0.25, -0.2) is 0 Å². The zero-order chi connectivity index (χ0) is 72.2. The molecule has 4 saturated heterocycles. The number of esters is 2. The van der Waals surface area contributed by atoms with Crippen LogP contribution in [0.3, 0.4) is 0 Å². The summed E-state index contributed by atoms with van der Waals surface area (Å²) in [5.74, 6) is 4.46. The summed E-state index contributed by atoms with van der Waals surface area (Å²) in [6.45, 7) is 52.8. The molecule has 562 valence electrons. The Morgan fingerprint density at radius 2 is 0.871 bits per heavy atom. The van der Waals surface area contributed by atoms with Crippen molar-refractivity contribution in [1.29, 1.82) is 0 Å². The molecule has 12 aliphatic rings. The Hall–Kier alpha value is -3.38. The molecule has 0 unspecified atom stereocenters. The van der Waals surface area contributed by atoms with Gasteiger partial charge in [-0.15, -0.1) is 0 Å². The van der Waals surface area contributed by atoms with Crippen LogP contribution in [-0.4, -0.2) is 90.2 Å². The highest BCUT2D eigenvalue weighted by Gasteiger charge is 2.74. The highest BCUT2D eigenvalue weighted by molar-refractivity contribution is 5.76. The van der Waals surface area contributed by atoms with Gasteiger partial charge < -0.3 is 37.9 Å². The van der Waals surface area contributed by atoms with Crippen molar-refractivity contribution in [1.82, 2.24) is 0 Å². The number of hydrogen-bond acceptors (Lipinski definition) is 10. The fourth-order valence-electron chi connectivity index (χ4n) is 27.3. The average molecular weight is 1390 g/mol. The van der Waals surface area contributed by atoms with Crippen molar-refractivity contribution in [2.45, 2.75) is 259 Å². The maximum Gasteiger partial charge on any atom is 0.310 e. The molecule has 4 aliphatic heterocycles. The lowest BCUT2D eigenvalue weighted by molar-refractivity contribution is -0.256. The molecule has 0 radical (unpaired) electrons. The largest absolute Gasteiger partial charge is 0.461 e. The molecule has 10 fully saturated rings. The zero-order valence-corrected chi connectivity index (χ0v) is 66.6. The van der Waals surface area contributed by atoms with Crippen molar-refractivity contribution in [3.63, 3.8) is 0 Å². The Balaban J connectivity index is 0.000000181. The SMILES string of the molecule is CC(C)[C@@H](C)[C@@]1(C)CC[C@]2(C)[C@H]3CC[C@@H]4[C@@]5(COC[C@]4(C)[C@@H](OCC4(C)CCOCC4)[C@H](C)C5)C3=CC[C@@]2(C)[C@@H]1C(=O)OCc1ccccc1.CCC1(CO[C@H]2[C@H](C)C[C@@]34COC[C@@]2(C)[C@@H]3CC[C@H]2C4=CC[C@@]3(C)[C@H](C(=O)OCc4ccccc4)[C@@](C)([C@H](C)C(C)C)CC[C@]23C)CCOCC1. The second-order valence-corrected chi connectivity index (χ2v) is 39.9. The van der Waals surface area contributed by atoms with Gasteiger partial charge in [0.2, 0.25) is 0 Å². The van der Waals surface area contributed by atoms with Crippen LogP contribution in [0.15, 0.2) is 84.0 Å². The van der Waals surface area contributed by atoms with Crippen molar-refractivity contribution in [2.24, 2.45) is 136 Å². The minimum atomic E-state index is -0.197. The van der Waals surface area contributed by atoms with Crippen LogP contribution >= 0.6 is 0 Å². The number of fused-ring (bicyclic) bond motifs is 6. The van der Waals surface area contributed by atoms with Gasteiger partial charge in [0, 0.05) is 48.1 Å². The Morgan fingerprint density at radius 3 is 1.27 bits per heavy atom. The van der Waals surface area contributed by atoms with Crippen LogP contribution < -0.4 is 0 Å². The molecular formula is C91H138O10. The van der Waals surface area contributed by atoms with Crippen molar-refractivity contribution >= 4 is 11.9 Å². The number of carbonyl (C=O) groups is 2. The van der Waals surface area contributed by atoms with E-state index in [9.17, 15) is 9.59 Å². The quantitative estimate of drug-likeness (QED) is 0.112. The Morgan fingerprint density at radius 1 is 0.475 bits per heavy atom. The van der Waals surface area contributed by atoms with Crippen LogP contribution in [0.1, 0.15) is 245 Å². The molecule has 22 atom stereocenters. The predicted molar refractivity (Wildman–Crippen MR) is 403 cm³/mol. The average Bonchev–Trinajstić information content (AvgIpc) is 0.682. The van der Waals surface area contributed by atoms with E-state index in [1.807, 2.05) is 36.4 Å². The maximum atomic E-state index is 14.7. The van der Waals surface area contributed by atoms with Gasteiger partial charge >= 0.3 is 11.9 Å². The molecule has 14 rings (SSSR count). The van der Waals surface area contributed by atoms with Gasteiger partial charge in [0.25, 0.3) is 0 Å². The molecule has 4 heterocycles. The van der Waals surface area contributed by atoms with Crippen molar-refractivity contribution < 1.29 is 47.5 Å². The highest BCUT2D eigenvalue weighted by atomic mass is 16.5. The molecule has 101 heavy (non-hydrogen) atoms. The van der Waals surface area contributed by atoms with E-state index in [1.165, 1.54) is 25.7 Å². The number of carbonyl (C=O) groups excluding carboxylic acids is 2. The van der Waals surface area contributed by atoms with E-state index in [4.69, 9.17) is 37.9 Å². The van der Waals surface area contributed by atoms with Crippen molar-refractivity contribution in [3.05, 3.63) is 95.1 Å². The first kappa shape index (κ1) is 75.8. The van der Waals surface area contributed by atoms with Crippen LogP contribution in [0.5, 0.6) is 0 Å². The first-order valence-corrected chi connectivity index (χ1v) is 41.2. The summed E-state index contributed by atoms with van der Waals surface area (Å²) in [6, 6.07) is 20.4. The molecule has 8 aliphatic carbocycles. The number of ether oxygens (including phenoxy) is 8. The first-order chi connectivity index (χ1) is 47.8. The van der Waals surface area contributed by atoms with Gasteiger partial charge in [-0.2, -0.15) is 0 Å². The molecule has 4 bridgehead atoms. The summed E-state index contributed by atoms with van der Waals surface area (Å²) in [5, 5.41) is 0. The molecule has 2 aromatic carbocycles. The summed E-state index contributed by atoms with van der Waals surface area (Å²) >= 11 is 0. The van der Waals surface area contributed by atoms with E-state index in [0.29, 0.717) is 72.4 Å². The summed E-state index contributed by atoms with van der Waals surface area (Å²) < 4.78 is 52.0. The third-order valence-corrected chi connectivity index (χ3v) is 34.3. The molecule has 10 nitrogen and oxygen atoms in total. The van der Waals surface area contributed by atoms with Crippen LogP contribution in [0.25, 0.3) is 0 Å². The molecule has 0 spiro atoms. The summed E-state index contributed by atoms with van der Waals surface area (Å²) in [7, 11) is 0. The molecular weight excluding hydrogens is 1250 g/mol. The molecule has 0 aromatic heterocycles. The Kier molecular flexibility index (Phi) is 21.0. The smallest absolute Gasteiger partial charge is 0.310 e. The normalized spacial score (nSPS) is 44.0. The standard InChI is InChI=1S/C46H70O5.C45H68O5/c1-10-45(22-24-48-25-23-45)29-51-39-32(4)26-46-30-49-28-42(39,7)37(46)17-16-35-36(46)18-19-44(9)38(40(47)50-27-34-14-12-11-13-15-34)41(6,33(5)31(2)3)20-21-43(35,44)8;1-30(2)32(4)41(6)19-20-43(8)34-15-16-36-42(7)28-48-29-45(36,25-31(3)38(42)50-27-40(5)21-23-47-24-22-40)35(34)17-18-44(43,9)37(41)39(46)49-26-33-13-11-10-12-14-33/h11-15,18,31-33,35,37-39H,10,16-17,19-30H2,1-9H3;10-14,17,30-32,34,36-38H,15-16,18-29H2,1-9H3/t32-,33-,35+,37+,38-,39+,41-,42+,43-,44+,46+;31-,32-,34+,36+,37-,38+,41-,42+,43-,44+,45+/m11/s1. The van der Waals surface area contributed by atoms with Gasteiger partial charge in [0.15, 0.2) is 0 Å². The van der Waals surface area contributed by atoms with Crippen molar-refractivity contribution in [2.75, 3.05) is 66.1 Å². The van der Waals surface area contributed by atoms with E-state index in [0.717, 1.165) is 161 Å². The van der Waals surface area contributed by atoms with E-state index in [2.05, 4.69) is 161 Å². The van der Waals surface area contributed by atoms with Crippen LogP contribution in [-0.2, 0) is 60.7 Å². The first-order valence-electron chi connectivity index (χ1n) is 41.2. The number of hydrogen-bond donors (Lipinski definition) is 0. The second-order valence-electron chi connectivity index (χ2n) is 39.9. The molecule has 6 saturated carbocycles. The summed E-state index contributed by atoms with van der Waals surface area (Å²) in [6.07, 6.45) is 24.7. The highest BCUT2D eigenvalue weighted by Crippen LogP contribution is 2.78. The lowest BCUT2D eigenvalue weighted by Gasteiger charge is -2.71. The molecule has 10 heteroatoms. The van der Waals surface area contributed by atoms with E-state index in [-0.39, 0.29) is 101 Å². The minimum absolute atomic E-state index is 0.00441. The fourth-order valence-corrected chi connectivity index (χ4v) is 27.3. The minimum Gasteiger partial charge on any atom is -0.461 e. The third kappa shape index (κ3) is 12.3. The molecule has 0 N–H and O–H groups in total. The number of allylic oxidation sites excluding steroid dienone is 2.